The number of aromatic amines is 1. The molecular formula is C19H21FN2O4. The van der Waals surface area contributed by atoms with Crippen LogP contribution in [-0.4, -0.2) is 29.2 Å². The van der Waals surface area contributed by atoms with Gasteiger partial charge in [-0.15, -0.1) is 0 Å². The van der Waals surface area contributed by atoms with E-state index in [1.54, 1.807) is 6.92 Å². The van der Waals surface area contributed by atoms with Gasteiger partial charge in [-0.05, 0) is 43.9 Å². The van der Waals surface area contributed by atoms with Gasteiger partial charge in [0.15, 0.2) is 5.43 Å². The van der Waals surface area contributed by atoms with Crippen LogP contribution in [0, 0.1) is 18.7 Å². The zero-order valence-electron chi connectivity index (χ0n) is 14.6. The molecule has 1 aromatic heterocycles. The van der Waals surface area contributed by atoms with Crippen molar-refractivity contribution in [3.05, 3.63) is 63.3 Å². The predicted octanol–water partition coefficient (Wildman–Crippen LogP) is 2.07. The fourth-order valence-corrected chi connectivity index (χ4v) is 3.27. The van der Waals surface area contributed by atoms with Crippen LogP contribution in [0.4, 0.5) is 4.39 Å². The zero-order chi connectivity index (χ0) is 18.8. The molecule has 138 valence electrons. The van der Waals surface area contributed by atoms with Crippen molar-refractivity contribution < 1.29 is 19.0 Å². The van der Waals surface area contributed by atoms with Gasteiger partial charge in [-0.25, -0.2) is 4.39 Å². The summed E-state index contributed by atoms with van der Waals surface area (Å²) in [6.07, 6.45) is 1.88. The summed E-state index contributed by atoms with van der Waals surface area (Å²) >= 11 is 0. The number of aryl methyl sites for hydroxylation is 1. The summed E-state index contributed by atoms with van der Waals surface area (Å²) in [6, 6.07) is 4.87. The molecule has 0 saturated heterocycles. The summed E-state index contributed by atoms with van der Waals surface area (Å²) in [6.45, 7) is 1.72. The molecule has 1 atom stereocenters. The van der Waals surface area contributed by atoms with Gasteiger partial charge in [0.1, 0.15) is 17.1 Å². The number of aromatic nitrogens is 1. The number of carbonyl (C=O) groups excluding carboxylic acids is 1. The van der Waals surface area contributed by atoms with Crippen molar-refractivity contribution >= 4 is 5.91 Å². The van der Waals surface area contributed by atoms with Crippen molar-refractivity contribution in [1.82, 2.24) is 10.3 Å². The summed E-state index contributed by atoms with van der Waals surface area (Å²) < 4.78 is 19.1. The number of methoxy groups -OCH3 is 1. The van der Waals surface area contributed by atoms with Gasteiger partial charge >= 0.3 is 0 Å². The Morgan fingerprint density at radius 1 is 1.38 bits per heavy atom. The molecule has 1 heterocycles. The standard InChI is InChI=1S/C19H21FN2O4/c1-10-5-16(24)15(9-21-10)19(25)22-18(11-6-13(23)7-11)14-8-12(20)3-4-17(14)26-2/h3-5,8-9,11,13,18,23H,6-7H2,1-2H3,(H,21,24)(H,22,25)/t11?,13?,18-/m0/s1. The quantitative estimate of drug-likeness (QED) is 0.761. The second-order valence-corrected chi connectivity index (χ2v) is 6.62. The van der Waals surface area contributed by atoms with Crippen molar-refractivity contribution in [1.29, 1.82) is 0 Å². The Morgan fingerprint density at radius 2 is 2.12 bits per heavy atom. The van der Waals surface area contributed by atoms with Gasteiger partial charge in [-0.2, -0.15) is 0 Å². The lowest BCUT2D eigenvalue weighted by Crippen LogP contribution is -2.42. The van der Waals surface area contributed by atoms with E-state index >= 15 is 0 Å². The molecular weight excluding hydrogens is 339 g/mol. The largest absolute Gasteiger partial charge is 0.496 e. The summed E-state index contributed by atoms with van der Waals surface area (Å²) in [7, 11) is 1.47. The van der Waals surface area contributed by atoms with Crippen LogP contribution in [0.5, 0.6) is 5.75 Å². The van der Waals surface area contributed by atoms with Crippen LogP contribution in [0.3, 0.4) is 0 Å². The second kappa shape index (κ2) is 7.29. The van der Waals surface area contributed by atoms with Crippen molar-refractivity contribution in [2.45, 2.75) is 31.9 Å². The van der Waals surface area contributed by atoms with E-state index in [1.807, 2.05) is 0 Å². The lowest BCUT2D eigenvalue weighted by atomic mass is 9.74. The van der Waals surface area contributed by atoms with Gasteiger partial charge in [0.05, 0.1) is 19.3 Å². The third-order valence-electron chi connectivity index (χ3n) is 4.74. The normalized spacial score (nSPS) is 20.2. The Labute approximate surface area is 150 Å². The third-order valence-corrected chi connectivity index (χ3v) is 4.74. The van der Waals surface area contributed by atoms with Crippen LogP contribution < -0.4 is 15.5 Å². The molecule has 0 unspecified atom stereocenters. The third kappa shape index (κ3) is 3.62. The zero-order valence-corrected chi connectivity index (χ0v) is 14.6. The number of pyridine rings is 1. The van der Waals surface area contributed by atoms with E-state index in [9.17, 15) is 19.1 Å². The number of carbonyl (C=O) groups is 1. The molecule has 6 nitrogen and oxygen atoms in total. The summed E-state index contributed by atoms with van der Waals surface area (Å²) in [5.74, 6) is -0.637. The minimum atomic E-state index is -0.572. The Bertz CT molecular complexity index is 874. The first-order valence-electron chi connectivity index (χ1n) is 8.40. The molecule has 0 bridgehead atoms. The summed E-state index contributed by atoms with van der Waals surface area (Å²) in [5.41, 5.74) is 0.728. The molecule has 0 spiro atoms. The van der Waals surface area contributed by atoms with E-state index in [0.29, 0.717) is 29.8 Å². The molecule has 0 radical (unpaired) electrons. The van der Waals surface area contributed by atoms with E-state index in [0.717, 1.165) is 0 Å². The number of aliphatic hydroxyl groups excluding tert-OH is 1. The van der Waals surface area contributed by atoms with Crippen molar-refractivity contribution in [3.8, 4) is 5.75 Å². The molecule has 3 N–H and O–H groups in total. The number of rotatable bonds is 5. The number of hydrogen-bond donors (Lipinski definition) is 3. The average molecular weight is 360 g/mol. The monoisotopic (exact) mass is 360 g/mol. The van der Waals surface area contributed by atoms with Crippen LogP contribution in [0.2, 0.25) is 0 Å². The molecule has 1 saturated carbocycles. The maximum absolute atomic E-state index is 13.8. The van der Waals surface area contributed by atoms with Crippen molar-refractivity contribution in [3.63, 3.8) is 0 Å². The van der Waals surface area contributed by atoms with Crippen LogP contribution in [0.15, 0.2) is 35.3 Å². The highest BCUT2D eigenvalue weighted by Crippen LogP contribution is 2.41. The fraction of sp³-hybridized carbons (Fsp3) is 0.368. The molecule has 1 aliphatic rings. The number of benzene rings is 1. The number of halogens is 1. The van der Waals surface area contributed by atoms with Gasteiger partial charge in [0.25, 0.3) is 5.91 Å². The lowest BCUT2D eigenvalue weighted by Gasteiger charge is -2.38. The van der Waals surface area contributed by atoms with E-state index in [2.05, 4.69) is 10.3 Å². The molecule has 2 aromatic rings. The van der Waals surface area contributed by atoms with Crippen molar-refractivity contribution in [2.75, 3.05) is 7.11 Å². The van der Waals surface area contributed by atoms with Gasteiger partial charge in [0, 0.05) is 23.5 Å². The Hall–Kier alpha value is -2.67. The highest BCUT2D eigenvalue weighted by atomic mass is 19.1. The molecule has 0 aliphatic heterocycles. The molecule has 1 aliphatic carbocycles. The topological polar surface area (TPSA) is 91.4 Å². The molecule has 1 fully saturated rings. The predicted molar refractivity (Wildman–Crippen MR) is 93.7 cm³/mol. The van der Waals surface area contributed by atoms with Gasteiger partial charge in [-0.3, -0.25) is 9.59 Å². The number of amides is 1. The smallest absolute Gasteiger partial charge is 0.257 e. The highest BCUT2D eigenvalue weighted by Gasteiger charge is 2.37. The van der Waals surface area contributed by atoms with Crippen molar-refractivity contribution in [2.24, 2.45) is 5.92 Å². The molecule has 1 amide bonds. The van der Waals surface area contributed by atoms with Gasteiger partial charge in [0.2, 0.25) is 0 Å². The van der Waals surface area contributed by atoms with Gasteiger partial charge in [-0.1, -0.05) is 0 Å². The number of hydrogen-bond acceptors (Lipinski definition) is 4. The molecule has 1 aromatic carbocycles. The average Bonchev–Trinajstić information content (AvgIpc) is 2.57. The minimum Gasteiger partial charge on any atom is -0.496 e. The van der Waals surface area contributed by atoms with Gasteiger partial charge < -0.3 is 20.1 Å². The first-order valence-corrected chi connectivity index (χ1v) is 8.40. The van der Waals surface area contributed by atoms with Crippen LogP contribution in [0.1, 0.15) is 40.5 Å². The number of H-pyrrole nitrogens is 1. The first kappa shape index (κ1) is 18.1. The summed E-state index contributed by atoms with van der Waals surface area (Å²) in [5, 5.41) is 12.5. The maximum Gasteiger partial charge on any atom is 0.257 e. The van der Waals surface area contributed by atoms with E-state index in [1.165, 1.54) is 37.6 Å². The number of nitrogens with one attached hydrogen (secondary N) is 2. The molecule has 26 heavy (non-hydrogen) atoms. The lowest BCUT2D eigenvalue weighted by molar-refractivity contribution is 0.0231. The molecule has 3 rings (SSSR count). The van der Waals surface area contributed by atoms with E-state index in [4.69, 9.17) is 4.74 Å². The van der Waals surface area contributed by atoms with E-state index in [-0.39, 0.29) is 11.5 Å². The first-order chi connectivity index (χ1) is 12.4. The Balaban J connectivity index is 1.94. The maximum atomic E-state index is 13.8. The summed E-state index contributed by atoms with van der Waals surface area (Å²) in [4.78, 5) is 27.6. The molecule has 7 heteroatoms. The minimum absolute atomic E-state index is 0.0177. The Kier molecular flexibility index (Phi) is 5.08. The number of aliphatic hydroxyl groups is 1. The highest BCUT2D eigenvalue weighted by molar-refractivity contribution is 5.94. The number of ether oxygens (including phenoxy) is 1. The van der Waals surface area contributed by atoms with Crippen LogP contribution in [0.25, 0.3) is 0 Å². The Morgan fingerprint density at radius 3 is 2.73 bits per heavy atom. The van der Waals surface area contributed by atoms with E-state index < -0.39 is 29.3 Å². The second-order valence-electron chi connectivity index (χ2n) is 6.62. The SMILES string of the molecule is COc1ccc(F)cc1[C@@H](NC(=O)c1c[nH]c(C)cc1=O)C1CC(O)C1. The van der Waals surface area contributed by atoms with Crippen LogP contribution in [-0.2, 0) is 0 Å². The fourth-order valence-electron chi connectivity index (χ4n) is 3.27. The van der Waals surface area contributed by atoms with Crippen LogP contribution >= 0.6 is 0 Å².